The van der Waals surface area contributed by atoms with Crippen LogP contribution in [0.3, 0.4) is 0 Å². The number of hydrogen-bond donors (Lipinski definition) is 1. The smallest absolute Gasteiger partial charge is 0.123 e. The summed E-state index contributed by atoms with van der Waals surface area (Å²) < 4.78 is 0. The van der Waals surface area contributed by atoms with E-state index in [0.717, 1.165) is 11.3 Å². The summed E-state index contributed by atoms with van der Waals surface area (Å²) in [5.41, 5.74) is 7.23. The Labute approximate surface area is 92.5 Å². The number of nitrogen functional groups attached to an aromatic ring is 1. The lowest BCUT2D eigenvalue weighted by atomic mass is 10.2. The van der Waals surface area contributed by atoms with Crippen molar-refractivity contribution in [3.05, 3.63) is 22.3 Å². The third-order valence-corrected chi connectivity index (χ3v) is 1.90. The van der Waals surface area contributed by atoms with Gasteiger partial charge in [-0.2, -0.15) is 0 Å². The molecule has 0 saturated heterocycles. The highest BCUT2D eigenvalue weighted by molar-refractivity contribution is 6.31. The molecular formula is C11H21ClN2. The maximum atomic E-state index is 5.83. The van der Waals surface area contributed by atoms with E-state index in [0.29, 0.717) is 10.8 Å². The van der Waals surface area contributed by atoms with Gasteiger partial charge in [-0.3, -0.25) is 0 Å². The van der Waals surface area contributed by atoms with E-state index in [-0.39, 0.29) is 0 Å². The van der Waals surface area contributed by atoms with Gasteiger partial charge < -0.3 is 5.73 Å². The first-order valence-corrected chi connectivity index (χ1v) is 5.38. The summed E-state index contributed by atoms with van der Waals surface area (Å²) in [4.78, 5) is 3.98. The van der Waals surface area contributed by atoms with Gasteiger partial charge in [-0.15, -0.1) is 0 Å². The topological polar surface area (TPSA) is 38.9 Å². The second kappa shape index (κ2) is 8.82. The van der Waals surface area contributed by atoms with Crippen molar-refractivity contribution in [1.82, 2.24) is 4.98 Å². The molecule has 0 bridgehead atoms. The number of pyridine rings is 1. The predicted octanol–water partition coefficient (Wildman–Crippen LogP) is 3.99. The Hall–Kier alpha value is -0.760. The lowest BCUT2D eigenvalue weighted by molar-refractivity contribution is 1.19. The average molecular weight is 217 g/mol. The third kappa shape index (κ3) is 5.07. The standard InChI is InChI=1S/C7H9ClN2.2C2H6/c1-4-3-6(9)10-5(2)7(4)8;2*1-2/h3H,1-2H3,(H2,9,10);2*1-2H3. The first-order valence-electron chi connectivity index (χ1n) is 5.00. The Morgan fingerprint density at radius 3 is 1.93 bits per heavy atom. The van der Waals surface area contributed by atoms with Gasteiger partial charge in [0.15, 0.2) is 0 Å². The predicted molar refractivity (Wildman–Crippen MR) is 65.8 cm³/mol. The summed E-state index contributed by atoms with van der Waals surface area (Å²) in [7, 11) is 0. The zero-order valence-corrected chi connectivity index (χ0v) is 10.7. The van der Waals surface area contributed by atoms with Crippen molar-refractivity contribution < 1.29 is 0 Å². The van der Waals surface area contributed by atoms with Gasteiger partial charge in [0, 0.05) is 0 Å². The van der Waals surface area contributed by atoms with Crippen LogP contribution in [0.4, 0.5) is 5.82 Å². The number of nitrogens with zero attached hydrogens (tertiary/aromatic N) is 1. The normalized spacial score (nSPS) is 7.93. The van der Waals surface area contributed by atoms with E-state index >= 15 is 0 Å². The van der Waals surface area contributed by atoms with E-state index in [1.807, 2.05) is 41.5 Å². The number of anilines is 1. The molecule has 0 saturated carbocycles. The Morgan fingerprint density at radius 2 is 1.57 bits per heavy atom. The fourth-order valence-corrected chi connectivity index (χ4v) is 0.942. The van der Waals surface area contributed by atoms with Gasteiger partial charge in [-0.1, -0.05) is 39.3 Å². The van der Waals surface area contributed by atoms with Crippen LogP contribution >= 0.6 is 11.6 Å². The Bertz CT molecular complexity index is 236. The highest BCUT2D eigenvalue weighted by Gasteiger charge is 2.00. The minimum atomic E-state index is 0.527. The zero-order valence-electron chi connectivity index (χ0n) is 9.98. The number of halogens is 1. The van der Waals surface area contributed by atoms with Crippen LogP contribution in [0.1, 0.15) is 39.0 Å². The van der Waals surface area contributed by atoms with Gasteiger partial charge in [0.25, 0.3) is 0 Å². The number of aryl methyl sites for hydroxylation is 2. The van der Waals surface area contributed by atoms with Crippen molar-refractivity contribution in [2.45, 2.75) is 41.5 Å². The molecule has 0 aromatic carbocycles. The van der Waals surface area contributed by atoms with Crippen LogP contribution in [0.15, 0.2) is 6.07 Å². The lowest BCUT2D eigenvalue weighted by Gasteiger charge is -2.01. The van der Waals surface area contributed by atoms with Crippen molar-refractivity contribution in [2.75, 3.05) is 5.73 Å². The van der Waals surface area contributed by atoms with E-state index < -0.39 is 0 Å². The molecule has 0 radical (unpaired) electrons. The van der Waals surface area contributed by atoms with E-state index in [9.17, 15) is 0 Å². The highest BCUT2D eigenvalue weighted by Crippen LogP contribution is 2.19. The number of aromatic nitrogens is 1. The third-order valence-electron chi connectivity index (χ3n) is 1.33. The molecule has 2 N–H and O–H groups in total. The second-order valence-electron chi connectivity index (χ2n) is 2.26. The van der Waals surface area contributed by atoms with Crippen LogP contribution in [-0.2, 0) is 0 Å². The van der Waals surface area contributed by atoms with E-state index in [1.165, 1.54) is 0 Å². The summed E-state index contributed by atoms with van der Waals surface area (Å²) >= 11 is 5.83. The van der Waals surface area contributed by atoms with Crippen molar-refractivity contribution in [1.29, 1.82) is 0 Å². The molecule has 0 aliphatic carbocycles. The first kappa shape index (κ1) is 15.7. The number of hydrogen-bond acceptors (Lipinski definition) is 2. The van der Waals surface area contributed by atoms with Gasteiger partial charge in [0.05, 0.1) is 10.7 Å². The molecule has 1 rings (SSSR count). The lowest BCUT2D eigenvalue weighted by Crippen LogP contribution is -1.94. The number of rotatable bonds is 0. The maximum Gasteiger partial charge on any atom is 0.123 e. The zero-order chi connectivity index (χ0) is 11.7. The molecule has 0 aliphatic rings. The van der Waals surface area contributed by atoms with Crippen molar-refractivity contribution in [3.63, 3.8) is 0 Å². The van der Waals surface area contributed by atoms with E-state index in [4.69, 9.17) is 17.3 Å². The highest BCUT2D eigenvalue weighted by atomic mass is 35.5. The minimum Gasteiger partial charge on any atom is -0.384 e. The average Bonchev–Trinajstić information content (AvgIpc) is 2.20. The molecule has 0 spiro atoms. The molecule has 1 aromatic heterocycles. The SMILES string of the molecule is CC.CC.Cc1cc(N)nc(C)c1Cl. The van der Waals surface area contributed by atoms with Gasteiger partial charge in [0.2, 0.25) is 0 Å². The number of nitrogens with two attached hydrogens (primary N) is 1. The van der Waals surface area contributed by atoms with Crippen molar-refractivity contribution in [3.8, 4) is 0 Å². The molecule has 1 aromatic rings. The summed E-state index contributed by atoms with van der Waals surface area (Å²) in [6.07, 6.45) is 0. The molecule has 0 atom stereocenters. The van der Waals surface area contributed by atoms with Crippen LogP contribution in [0.5, 0.6) is 0 Å². The largest absolute Gasteiger partial charge is 0.384 e. The second-order valence-corrected chi connectivity index (χ2v) is 2.64. The van der Waals surface area contributed by atoms with Crippen LogP contribution in [0.25, 0.3) is 0 Å². The van der Waals surface area contributed by atoms with Gasteiger partial charge in [-0.05, 0) is 25.5 Å². The molecule has 14 heavy (non-hydrogen) atoms. The maximum absolute atomic E-state index is 5.83. The molecule has 3 heteroatoms. The summed E-state index contributed by atoms with van der Waals surface area (Å²) in [5.74, 6) is 0.527. The minimum absolute atomic E-state index is 0.527. The monoisotopic (exact) mass is 216 g/mol. The Kier molecular flexibility index (Phi) is 9.89. The van der Waals surface area contributed by atoms with Crippen molar-refractivity contribution >= 4 is 17.4 Å². The van der Waals surface area contributed by atoms with E-state index in [1.54, 1.807) is 6.07 Å². The molecule has 0 fully saturated rings. The van der Waals surface area contributed by atoms with Crippen LogP contribution in [0.2, 0.25) is 5.02 Å². The van der Waals surface area contributed by atoms with Gasteiger partial charge >= 0.3 is 0 Å². The fourth-order valence-electron chi connectivity index (χ4n) is 0.846. The van der Waals surface area contributed by atoms with Gasteiger partial charge in [-0.25, -0.2) is 4.98 Å². The molecule has 0 amide bonds. The molecule has 82 valence electrons. The summed E-state index contributed by atoms with van der Waals surface area (Å²) in [6, 6.07) is 1.76. The van der Waals surface area contributed by atoms with Crippen LogP contribution < -0.4 is 5.73 Å². The van der Waals surface area contributed by atoms with Crippen LogP contribution in [0, 0.1) is 13.8 Å². The molecule has 0 unspecified atom stereocenters. The van der Waals surface area contributed by atoms with E-state index in [2.05, 4.69) is 4.98 Å². The van der Waals surface area contributed by atoms with Crippen LogP contribution in [-0.4, -0.2) is 4.98 Å². The van der Waals surface area contributed by atoms with Gasteiger partial charge in [0.1, 0.15) is 5.82 Å². The molecule has 0 aliphatic heterocycles. The Morgan fingerprint density at radius 1 is 1.14 bits per heavy atom. The van der Waals surface area contributed by atoms with Crippen molar-refractivity contribution in [2.24, 2.45) is 0 Å². The molecule has 1 heterocycles. The first-order chi connectivity index (χ1) is 6.61. The summed E-state index contributed by atoms with van der Waals surface area (Å²) in [6.45, 7) is 11.7. The molecule has 2 nitrogen and oxygen atoms in total. The Balaban J connectivity index is 0. The quantitative estimate of drug-likeness (QED) is 0.713. The molecular weight excluding hydrogens is 196 g/mol. The fraction of sp³-hybridized carbons (Fsp3) is 0.545. The summed E-state index contributed by atoms with van der Waals surface area (Å²) in [5, 5.41) is 0.703.